The van der Waals surface area contributed by atoms with Crippen LogP contribution in [0.5, 0.6) is 5.88 Å². The summed E-state index contributed by atoms with van der Waals surface area (Å²) in [5, 5.41) is 12.4. The maximum Gasteiger partial charge on any atom is 0.342 e. The Hall–Kier alpha value is -3.75. The lowest BCUT2D eigenvalue weighted by atomic mass is 10.1. The minimum Gasteiger partial charge on any atom is -0.477 e. The molecular weight excluding hydrogens is 410 g/mol. The lowest BCUT2D eigenvalue weighted by Crippen LogP contribution is -2.35. The van der Waals surface area contributed by atoms with Gasteiger partial charge in [0.05, 0.1) is 18.5 Å². The summed E-state index contributed by atoms with van der Waals surface area (Å²) in [5.74, 6) is 0.0306. The Bertz CT molecular complexity index is 1080. The normalized spacial score (nSPS) is 14.2. The zero-order valence-corrected chi connectivity index (χ0v) is 18.1. The Kier molecular flexibility index (Phi) is 6.44. The van der Waals surface area contributed by atoms with E-state index in [1.165, 1.54) is 10.9 Å². The minimum atomic E-state index is -1.00. The zero-order valence-electron chi connectivity index (χ0n) is 18.1. The molecule has 1 saturated heterocycles. The number of carbonyl (C=O) groups is 2. The van der Waals surface area contributed by atoms with E-state index in [1.807, 2.05) is 25.1 Å². The maximum absolute atomic E-state index is 13.1. The monoisotopic (exact) mass is 435 g/mol. The van der Waals surface area contributed by atoms with E-state index in [0.717, 1.165) is 12.8 Å². The SMILES string of the molecule is CCOc1ccc(-n2ncc(C(=O)O[C@H](C(=O)N3CCCC3)c3ccccc3)c2C)nn1. The number of amides is 1. The zero-order chi connectivity index (χ0) is 22.5. The van der Waals surface area contributed by atoms with Crippen LogP contribution < -0.4 is 4.74 Å². The molecular formula is C23H25N5O4. The molecule has 166 valence electrons. The second-order valence-electron chi connectivity index (χ2n) is 7.45. The first kappa shape index (κ1) is 21.5. The van der Waals surface area contributed by atoms with Gasteiger partial charge in [0.25, 0.3) is 5.91 Å². The lowest BCUT2D eigenvalue weighted by Gasteiger charge is -2.23. The van der Waals surface area contributed by atoms with Gasteiger partial charge in [-0.2, -0.15) is 5.10 Å². The Balaban J connectivity index is 1.56. The smallest absolute Gasteiger partial charge is 0.342 e. The molecule has 9 heteroatoms. The van der Waals surface area contributed by atoms with Gasteiger partial charge in [-0.1, -0.05) is 30.3 Å². The predicted molar refractivity (Wildman–Crippen MR) is 115 cm³/mol. The van der Waals surface area contributed by atoms with Crippen molar-refractivity contribution in [3.8, 4) is 11.7 Å². The molecule has 3 heterocycles. The van der Waals surface area contributed by atoms with Crippen LogP contribution in [-0.4, -0.2) is 56.5 Å². The van der Waals surface area contributed by atoms with Gasteiger partial charge in [-0.25, -0.2) is 9.48 Å². The molecule has 3 aromatic rings. The van der Waals surface area contributed by atoms with E-state index in [-0.39, 0.29) is 11.5 Å². The number of likely N-dealkylation sites (tertiary alicyclic amines) is 1. The van der Waals surface area contributed by atoms with E-state index in [0.29, 0.717) is 42.7 Å². The Morgan fingerprint density at radius 2 is 1.81 bits per heavy atom. The van der Waals surface area contributed by atoms with Gasteiger partial charge in [0.2, 0.25) is 12.0 Å². The first-order valence-corrected chi connectivity index (χ1v) is 10.6. The van der Waals surface area contributed by atoms with Gasteiger partial charge in [0, 0.05) is 24.7 Å². The fourth-order valence-electron chi connectivity index (χ4n) is 3.65. The van der Waals surface area contributed by atoms with Crippen molar-refractivity contribution in [3.05, 3.63) is 65.5 Å². The number of nitrogens with zero attached hydrogens (tertiary/aromatic N) is 5. The average Bonchev–Trinajstić information content (AvgIpc) is 3.49. The van der Waals surface area contributed by atoms with Crippen LogP contribution >= 0.6 is 0 Å². The number of aromatic nitrogens is 4. The van der Waals surface area contributed by atoms with Crippen LogP contribution in [-0.2, 0) is 9.53 Å². The molecule has 0 aliphatic carbocycles. The van der Waals surface area contributed by atoms with Gasteiger partial charge >= 0.3 is 5.97 Å². The number of benzene rings is 1. The molecule has 1 aliphatic rings. The highest BCUT2D eigenvalue weighted by Crippen LogP contribution is 2.25. The van der Waals surface area contributed by atoms with Crippen LogP contribution in [0.3, 0.4) is 0 Å². The molecule has 1 atom stereocenters. The molecule has 4 rings (SSSR count). The van der Waals surface area contributed by atoms with E-state index in [9.17, 15) is 9.59 Å². The third-order valence-electron chi connectivity index (χ3n) is 5.33. The van der Waals surface area contributed by atoms with Gasteiger partial charge in [-0.3, -0.25) is 4.79 Å². The number of carbonyl (C=O) groups excluding carboxylic acids is 2. The highest BCUT2D eigenvalue weighted by atomic mass is 16.5. The van der Waals surface area contributed by atoms with Gasteiger partial charge in [0.1, 0.15) is 5.56 Å². The number of ether oxygens (including phenoxy) is 2. The third kappa shape index (κ3) is 4.46. The highest BCUT2D eigenvalue weighted by molar-refractivity contribution is 5.93. The fraction of sp³-hybridized carbons (Fsp3) is 0.348. The van der Waals surface area contributed by atoms with Crippen molar-refractivity contribution in [1.82, 2.24) is 24.9 Å². The lowest BCUT2D eigenvalue weighted by molar-refractivity contribution is -0.140. The molecule has 0 unspecified atom stereocenters. The summed E-state index contributed by atoms with van der Waals surface area (Å²) in [4.78, 5) is 27.9. The number of esters is 1. The van der Waals surface area contributed by atoms with Crippen molar-refractivity contribution < 1.29 is 19.1 Å². The van der Waals surface area contributed by atoms with Gasteiger partial charge in [0.15, 0.2) is 5.82 Å². The van der Waals surface area contributed by atoms with Crippen molar-refractivity contribution >= 4 is 11.9 Å². The Labute approximate surface area is 186 Å². The summed E-state index contributed by atoms with van der Waals surface area (Å²) >= 11 is 0. The Morgan fingerprint density at radius 3 is 2.47 bits per heavy atom. The molecule has 1 aromatic carbocycles. The molecule has 0 saturated carbocycles. The van der Waals surface area contributed by atoms with Gasteiger partial charge in [-0.15, -0.1) is 10.2 Å². The van der Waals surface area contributed by atoms with Crippen molar-refractivity contribution in [2.24, 2.45) is 0 Å². The minimum absolute atomic E-state index is 0.204. The molecule has 0 N–H and O–H groups in total. The van der Waals surface area contributed by atoms with Crippen LogP contribution in [0.4, 0.5) is 0 Å². The van der Waals surface area contributed by atoms with Crippen molar-refractivity contribution in [3.63, 3.8) is 0 Å². The van der Waals surface area contributed by atoms with E-state index in [4.69, 9.17) is 9.47 Å². The van der Waals surface area contributed by atoms with E-state index >= 15 is 0 Å². The number of hydrogen-bond acceptors (Lipinski definition) is 7. The Morgan fingerprint density at radius 1 is 1.06 bits per heavy atom. The number of hydrogen-bond donors (Lipinski definition) is 0. The first-order valence-electron chi connectivity index (χ1n) is 10.6. The predicted octanol–water partition coefficient (Wildman–Crippen LogP) is 2.89. The summed E-state index contributed by atoms with van der Waals surface area (Å²) in [6, 6.07) is 12.5. The van der Waals surface area contributed by atoms with E-state index < -0.39 is 12.1 Å². The summed E-state index contributed by atoms with van der Waals surface area (Å²) in [6.07, 6.45) is 2.32. The molecule has 0 spiro atoms. The van der Waals surface area contributed by atoms with Crippen LogP contribution in [0.2, 0.25) is 0 Å². The van der Waals surface area contributed by atoms with Crippen LogP contribution in [0.15, 0.2) is 48.7 Å². The molecule has 1 fully saturated rings. The van der Waals surface area contributed by atoms with Crippen LogP contribution in [0.25, 0.3) is 5.82 Å². The summed E-state index contributed by atoms with van der Waals surface area (Å²) in [7, 11) is 0. The van der Waals surface area contributed by atoms with E-state index in [1.54, 1.807) is 36.1 Å². The van der Waals surface area contributed by atoms with Crippen LogP contribution in [0, 0.1) is 6.92 Å². The first-order chi connectivity index (χ1) is 15.6. The van der Waals surface area contributed by atoms with E-state index in [2.05, 4.69) is 15.3 Å². The summed E-state index contributed by atoms with van der Waals surface area (Å²) in [5.41, 5.74) is 1.44. The molecule has 1 amide bonds. The molecule has 0 bridgehead atoms. The molecule has 2 aromatic heterocycles. The molecule has 9 nitrogen and oxygen atoms in total. The largest absolute Gasteiger partial charge is 0.477 e. The van der Waals surface area contributed by atoms with Gasteiger partial charge < -0.3 is 14.4 Å². The third-order valence-corrected chi connectivity index (χ3v) is 5.33. The maximum atomic E-state index is 13.1. The quantitative estimate of drug-likeness (QED) is 0.526. The standard InChI is InChI=1S/C23H25N5O4/c1-3-31-20-12-11-19(25-26-20)28-16(2)18(15-24-28)23(30)32-21(17-9-5-4-6-10-17)22(29)27-13-7-8-14-27/h4-6,9-12,15,21H,3,7-8,13-14H2,1-2H3/t21-/m0/s1. The van der Waals surface area contributed by atoms with Crippen molar-refractivity contribution in [2.45, 2.75) is 32.8 Å². The molecule has 1 aliphatic heterocycles. The van der Waals surface area contributed by atoms with Crippen LogP contribution in [0.1, 0.15) is 47.5 Å². The second kappa shape index (κ2) is 9.59. The second-order valence-corrected chi connectivity index (χ2v) is 7.45. The number of rotatable bonds is 7. The molecule has 32 heavy (non-hydrogen) atoms. The van der Waals surface area contributed by atoms with Gasteiger partial charge in [-0.05, 0) is 32.8 Å². The van der Waals surface area contributed by atoms with Crippen molar-refractivity contribution in [2.75, 3.05) is 19.7 Å². The topological polar surface area (TPSA) is 99.4 Å². The van der Waals surface area contributed by atoms with Crippen molar-refractivity contribution in [1.29, 1.82) is 0 Å². The molecule has 0 radical (unpaired) electrons. The summed E-state index contributed by atoms with van der Waals surface area (Å²) < 4.78 is 12.5. The summed E-state index contributed by atoms with van der Waals surface area (Å²) in [6.45, 7) is 5.44. The average molecular weight is 435 g/mol. The fourth-order valence-corrected chi connectivity index (χ4v) is 3.65. The highest BCUT2D eigenvalue weighted by Gasteiger charge is 2.32.